The molecule has 0 atom stereocenters. The van der Waals surface area contributed by atoms with Crippen LogP contribution >= 0.6 is 0 Å². The first kappa shape index (κ1) is 35.8. The second-order valence-corrected chi connectivity index (χ2v) is 14.6. The van der Waals surface area contributed by atoms with Crippen LogP contribution in [0.25, 0.3) is 33.3 Å². The van der Waals surface area contributed by atoms with Crippen molar-refractivity contribution in [2.75, 3.05) is 30.3 Å². The second-order valence-electron chi connectivity index (χ2n) is 11.7. The number of unbranched alkanes of at least 4 members (excludes halogenated alkanes) is 2. The van der Waals surface area contributed by atoms with E-state index in [-0.39, 0.29) is 36.3 Å². The molecule has 0 spiro atoms. The molecule has 2 aliphatic heterocycles. The number of carbonyl (C=O) groups is 3. The molecule has 2 N–H and O–H groups in total. The van der Waals surface area contributed by atoms with Crippen molar-refractivity contribution in [1.29, 1.82) is 0 Å². The van der Waals surface area contributed by atoms with Crippen LogP contribution in [0.1, 0.15) is 58.3 Å². The van der Waals surface area contributed by atoms with Gasteiger partial charge in [-0.05, 0) is 49.9 Å². The minimum Gasteiger partial charge on any atom is -0.453 e. The van der Waals surface area contributed by atoms with E-state index in [4.69, 9.17) is 18.8 Å². The maximum absolute atomic E-state index is 12.1. The first-order valence-corrected chi connectivity index (χ1v) is 18.8. The summed E-state index contributed by atoms with van der Waals surface area (Å²) in [4.78, 5) is 51.4. The summed E-state index contributed by atoms with van der Waals surface area (Å²) in [5.74, 6) is -1.75. The Morgan fingerprint density at radius 1 is 0.959 bits per heavy atom. The minimum absolute atomic E-state index is 0.00349. The van der Waals surface area contributed by atoms with Gasteiger partial charge in [0.05, 0.1) is 16.0 Å². The molecule has 0 saturated carbocycles. The van der Waals surface area contributed by atoms with Crippen LogP contribution in [0.4, 0.5) is 5.69 Å². The summed E-state index contributed by atoms with van der Waals surface area (Å²) in [6.07, 6.45) is 2.61. The van der Waals surface area contributed by atoms with Crippen molar-refractivity contribution in [3.8, 4) is 11.5 Å². The topological polar surface area (TPSA) is 214 Å². The molecule has 0 bridgehead atoms. The van der Waals surface area contributed by atoms with Crippen LogP contribution in [0.15, 0.2) is 56.8 Å². The van der Waals surface area contributed by atoms with Crippen LogP contribution < -0.4 is 10.3 Å². The normalized spacial score (nSPS) is 14.4. The molecule has 262 valence electrons. The zero-order valence-corrected chi connectivity index (χ0v) is 28.3. The molecule has 1 saturated heterocycles. The Morgan fingerprint density at radius 3 is 2.41 bits per heavy atom. The Morgan fingerprint density at radius 2 is 1.71 bits per heavy atom. The monoisotopic (exact) mass is 716 g/mol. The molecule has 0 radical (unpaired) electrons. The zero-order chi connectivity index (χ0) is 35.3. The highest BCUT2D eigenvalue weighted by atomic mass is 32.2. The molecule has 3 aliphatic rings. The van der Waals surface area contributed by atoms with Crippen LogP contribution in [0, 0.1) is 0 Å². The number of rotatable bonds is 15. The van der Waals surface area contributed by atoms with Crippen molar-refractivity contribution in [2.24, 2.45) is 4.99 Å². The number of nitrogens with zero attached hydrogens (tertiary/aromatic N) is 4. The summed E-state index contributed by atoms with van der Waals surface area (Å²) in [6.45, 7) is 3.33. The average Bonchev–Trinajstić information content (AvgIpc) is 3.35. The standard InChI is InChI=1S/C32H36N4O11S2/c1-2-15-35(16-6-17-48(40,41)42)21-8-11-25-27(18-21)46-28-20-26(24-19-22(49(43,44)45)9-10-23(24)32(28)34-25)33-14-5-3-4-7-31(39)47-36-29(37)12-13-30(36)38/h8-11,18-20H,2-7,12-17H2,1H3,(H,40,41,42)(H,43,44,45)/b33-26-. The molecule has 2 amide bonds. The highest BCUT2D eigenvalue weighted by Crippen LogP contribution is 2.33. The van der Waals surface area contributed by atoms with Gasteiger partial charge in [0.25, 0.3) is 32.1 Å². The van der Waals surface area contributed by atoms with Crippen molar-refractivity contribution in [3.63, 3.8) is 0 Å². The maximum Gasteiger partial charge on any atom is 0.333 e. The molecule has 5 rings (SSSR count). The molecule has 0 unspecified atom stereocenters. The third kappa shape index (κ3) is 8.97. The van der Waals surface area contributed by atoms with Crippen LogP contribution in [-0.4, -0.2) is 79.2 Å². The number of amides is 2. The van der Waals surface area contributed by atoms with Gasteiger partial charge in [0.15, 0.2) is 11.3 Å². The predicted octanol–water partition coefficient (Wildman–Crippen LogP) is 3.90. The van der Waals surface area contributed by atoms with Gasteiger partial charge in [-0.3, -0.25) is 23.7 Å². The van der Waals surface area contributed by atoms with E-state index in [0.29, 0.717) is 82.6 Å². The van der Waals surface area contributed by atoms with Crippen LogP contribution in [0.5, 0.6) is 0 Å². The fraction of sp³-hybridized carbons (Fsp3) is 0.406. The molecule has 0 aromatic heterocycles. The average molecular weight is 717 g/mol. The number of imide groups is 1. The highest BCUT2D eigenvalue weighted by molar-refractivity contribution is 7.86. The molecule has 2 aromatic rings. The smallest absolute Gasteiger partial charge is 0.333 e. The number of hydrogen-bond donors (Lipinski definition) is 2. The minimum atomic E-state index is -4.51. The SMILES string of the molecule is CCCN(CCCS(=O)(=O)O)c1ccc2nc3c4ccc(S(=O)(=O)O)cc4/c(=N\CCCCCC(=O)ON4C(=O)CCC4=O)cc-3oc2c1. The highest BCUT2D eigenvalue weighted by Gasteiger charge is 2.32. The summed E-state index contributed by atoms with van der Waals surface area (Å²) >= 11 is 0. The van der Waals surface area contributed by atoms with Gasteiger partial charge in [-0.15, -0.1) is 5.06 Å². The fourth-order valence-electron chi connectivity index (χ4n) is 5.58. The van der Waals surface area contributed by atoms with E-state index < -0.39 is 38.0 Å². The van der Waals surface area contributed by atoms with Crippen molar-refractivity contribution in [1.82, 2.24) is 10.0 Å². The van der Waals surface area contributed by atoms with Crippen LogP contribution in [-0.2, 0) is 39.5 Å². The molecule has 2 aromatic carbocycles. The number of benzene rings is 3. The van der Waals surface area contributed by atoms with E-state index >= 15 is 0 Å². The van der Waals surface area contributed by atoms with Crippen molar-refractivity contribution in [3.05, 3.63) is 47.8 Å². The predicted molar refractivity (Wildman–Crippen MR) is 178 cm³/mol. The summed E-state index contributed by atoms with van der Waals surface area (Å²) in [6, 6.07) is 11.2. The third-order valence-corrected chi connectivity index (χ3v) is 9.58. The van der Waals surface area contributed by atoms with Gasteiger partial charge in [-0.25, -0.2) is 9.78 Å². The number of aromatic nitrogens is 1. The lowest BCUT2D eigenvalue weighted by atomic mass is 10.0. The number of carbonyl (C=O) groups excluding carboxylic acids is 3. The second kappa shape index (κ2) is 15.0. The molecule has 49 heavy (non-hydrogen) atoms. The lowest BCUT2D eigenvalue weighted by molar-refractivity contribution is -0.197. The van der Waals surface area contributed by atoms with Gasteiger partial charge in [0.2, 0.25) is 0 Å². The zero-order valence-electron chi connectivity index (χ0n) is 26.7. The Balaban J connectivity index is 1.40. The van der Waals surface area contributed by atoms with Crippen molar-refractivity contribution in [2.45, 2.75) is 63.2 Å². The molecule has 15 nitrogen and oxygen atoms in total. The Kier molecular flexibility index (Phi) is 11.0. The molecular formula is C32H36N4O11S2. The summed E-state index contributed by atoms with van der Waals surface area (Å²) in [5.41, 5.74) is 2.20. The molecular weight excluding hydrogens is 681 g/mol. The van der Waals surface area contributed by atoms with Crippen molar-refractivity contribution < 1.29 is 49.6 Å². The lowest BCUT2D eigenvalue weighted by Crippen LogP contribution is -2.31. The molecule has 17 heteroatoms. The van der Waals surface area contributed by atoms with Gasteiger partial charge in [-0.1, -0.05) is 19.4 Å². The summed E-state index contributed by atoms with van der Waals surface area (Å²) < 4.78 is 71.6. The van der Waals surface area contributed by atoms with E-state index in [0.717, 1.165) is 12.1 Å². The van der Waals surface area contributed by atoms with Gasteiger partial charge in [0.1, 0.15) is 11.2 Å². The van der Waals surface area contributed by atoms with Gasteiger partial charge in [0, 0.05) is 67.5 Å². The fourth-order valence-corrected chi connectivity index (χ4v) is 6.58. The van der Waals surface area contributed by atoms with E-state index in [1.54, 1.807) is 18.2 Å². The van der Waals surface area contributed by atoms with Crippen LogP contribution in [0.3, 0.4) is 0 Å². The number of hydroxylamine groups is 2. The van der Waals surface area contributed by atoms with Gasteiger partial charge in [-0.2, -0.15) is 16.8 Å². The van der Waals surface area contributed by atoms with Crippen molar-refractivity contribution >= 4 is 65.6 Å². The van der Waals surface area contributed by atoms with E-state index in [9.17, 15) is 35.8 Å². The largest absolute Gasteiger partial charge is 0.453 e. The van der Waals surface area contributed by atoms with E-state index in [1.165, 1.54) is 18.2 Å². The Labute approximate surface area is 282 Å². The number of fused-ring (bicyclic) bond motifs is 4. The molecule has 2 heterocycles. The Hall–Kier alpha value is -4.45. The third-order valence-electron chi connectivity index (χ3n) is 7.93. The molecule has 1 fully saturated rings. The van der Waals surface area contributed by atoms with E-state index in [1.807, 2.05) is 17.9 Å². The van der Waals surface area contributed by atoms with E-state index in [2.05, 4.69) is 4.99 Å². The Bertz CT molecular complexity index is 2150. The summed E-state index contributed by atoms with van der Waals surface area (Å²) in [7, 11) is -8.60. The molecule has 1 aliphatic carbocycles. The quantitative estimate of drug-likeness (QED) is 0.0588. The number of anilines is 1. The maximum atomic E-state index is 12.1. The first-order chi connectivity index (χ1) is 23.2. The van der Waals surface area contributed by atoms with Gasteiger partial charge < -0.3 is 14.2 Å². The van der Waals surface area contributed by atoms with Gasteiger partial charge >= 0.3 is 5.97 Å². The lowest BCUT2D eigenvalue weighted by Gasteiger charge is -2.24. The summed E-state index contributed by atoms with van der Waals surface area (Å²) in [5, 5.41) is 1.89. The number of hydrogen-bond acceptors (Lipinski definition) is 12. The van der Waals surface area contributed by atoms with Crippen LogP contribution in [0.2, 0.25) is 0 Å². The first-order valence-electron chi connectivity index (χ1n) is 15.8.